The van der Waals surface area contributed by atoms with Gasteiger partial charge in [-0.05, 0) is 31.2 Å². The summed E-state index contributed by atoms with van der Waals surface area (Å²) in [7, 11) is 0. The zero-order valence-electron chi connectivity index (χ0n) is 15.0. The molecule has 2 aromatic heterocycles. The first-order valence-electron chi connectivity index (χ1n) is 8.70. The predicted octanol–water partition coefficient (Wildman–Crippen LogP) is 3.21. The van der Waals surface area contributed by atoms with Crippen molar-refractivity contribution < 1.29 is 9.32 Å². The Balaban J connectivity index is 1.37. The van der Waals surface area contributed by atoms with Crippen molar-refractivity contribution >= 4 is 29.3 Å². The van der Waals surface area contributed by atoms with Crippen LogP contribution in [0.3, 0.4) is 0 Å². The van der Waals surface area contributed by atoms with Crippen molar-refractivity contribution in [3.05, 3.63) is 63.2 Å². The van der Waals surface area contributed by atoms with E-state index < -0.39 is 0 Å². The molecule has 144 valence electrons. The molecule has 0 saturated heterocycles. The lowest BCUT2D eigenvalue weighted by molar-refractivity contribution is -0.121. The predicted molar refractivity (Wildman–Crippen MR) is 106 cm³/mol. The van der Waals surface area contributed by atoms with Crippen LogP contribution in [0.15, 0.2) is 51.0 Å². The maximum atomic E-state index is 12.4. The van der Waals surface area contributed by atoms with Crippen molar-refractivity contribution in [2.45, 2.75) is 31.1 Å². The Morgan fingerprint density at radius 1 is 1.39 bits per heavy atom. The third kappa shape index (κ3) is 3.83. The highest BCUT2D eigenvalue weighted by molar-refractivity contribution is 7.99. The molecule has 7 nitrogen and oxygen atoms in total. The van der Waals surface area contributed by atoms with Gasteiger partial charge in [0.25, 0.3) is 5.56 Å². The number of hydrogen-bond donors (Lipinski definition) is 1. The average molecular weight is 417 g/mol. The first kappa shape index (κ1) is 18.8. The van der Waals surface area contributed by atoms with E-state index in [1.165, 1.54) is 11.8 Å². The normalized spacial score (nSPS) is 15.4. The van der Waals surface area contributed by atoms with Crippen LogP contribution in [0, 0.1) is 6.92 Å². The van der Waals surface area contributed by atoms with Gasteiger partial charge < -0.3 is 9.84 Å². The number of thioether (sulfide) groups is 1. The quantitative estimate of drug-likeness (QED) is 0.642. The summed E-state index contributed by atoms with van der Waals surface area (Å²) >= 11 is 7.38. The molecule has 1 amide bonds. The summed E-state index contributed by atoms with van der Waals surface area (Å²) in [6.45, 7) is 1.98. The minimum Gasteiger partial charge on any atom is -0.356 e. The molecule has 0 radical (unpaired) electrons. The van der Waals surface area contributed by atoms with Gasteiger partial charge in [0.15, 0.2) is 10.9 Å². The van der Waals surface area contributed by atoms with Gasteiger partial charge in [-0.15, -0.1) is 0 Å². The van der Waals surface area contributed by atoms with E-state index in [1.54, 1.807) is 35.9 Å². The topological polar surface area (TPSA) is 90.0 Å². The van der Waals surface area contributed by atoms with E-state index in [4.69, 9.17) is 16.1 Å². The molecule has 9 heteroatoms. The summed E-state index contributed by atoms with van der Waals surface area (Å²) in [4.78, 5) is 29.0. The molecule has 1 N–H and O–H groups in total. The molecule has 1 unspecified atom stereocenters. The van der Waals surface area contributed by atoms with Crippen molar-refractivity contribution in [2.24, 2.45) is 0 Å². The van der Waals surface area contributed by atoms with Crippen LogP contribution in [0.2, 0.25) is 5.02 Å². The molecule has 0 spiro atoms. The number of nitrogens with one attached hydrogen (secondary N) is 1. The SMILES string of the molecule is Cc1cnc2n(c1=O)C(CC(=O)NCc1cc(-c3ccc(Cl)cc3)on1)CS2. The van der Waals surface area contributed by atoms with Gasteiger partial charge in [-0.25, -0.2) is 4.98 Å². The Morgan fingerprint density at radius 2 is 2.18 bits per heavy atom. The van der Waals surface area contributed by atoms with Crippen LogP contribution in [0.25, 0.3) is 11.3 Å². The second-order valence-corrected chi connectivity index (χ2v) is 7.96. The van der Waals surface area contributed by atoms with Crippen LogP contribution in [-0.2, 0) is 11.3 Å². The molecule has 3 heterocycles. The summed E-state index contributed by atoms with van der Waals surface area (Å²) in [6, 6.07) is 8.82. The summed E-state index contributed by atoms with van der Waals surface area (Å²) in [6.07, 6.45) is 1.79. The van der Waals surface area contributed by atoms with Crippen LogP contribution < -0.4 is 10.9 Å². The van der Waals surface area contributed by atoms with Gasteiger partial charge in [-0.3, -0.25) is 14.2 Å². The monoisotopic (exact) mass is 416 g/mol. The van der Waals surface area contributed by atoms with E-state index in [0.717, 1.165) is 5.56 Å². The number of carbonyl (C=O) groups is 1. The van der Waals surface area contributed by atoms with Gasteiger partial charge in [0.2, 0.25) is 5.91 Å². The van der Waals surface area contributed by atoms with Crippen molar-refractivity contribution in [3.63, 3.8) is 0 Å². The van der Waals surface area contributed by atoms with E-state index in [1.807, 2.05) is 12.1 Å². The van der Waals surface area contributed by atoms with Crippen LogP contribution in [0.4, 0.5) is 0 Å². The molecule has 0 aliphatic carbocycles. The summed E-state index contributed by atoms with van der Waals surface area (Å²) in [5, 5.41) is 8.14. The Hall–Kier alpha value is -2.58. The summed E-state index contributed by atoms with van der Waals surface area (Å²) in [5.74, 6) is 1.11. The van der Waals surface area contributed by atoms with Crippen LogP contribution in [0.5, 0.6) is 0 Å². The molecule has 1 atom stereocenters. The van der Waals surface area contributed by atoms with Gasteiger partial charge >= 0.3 is 0 Å². The van der Waals surface area contributed by atoms with Gasteiger partial charge in [-0.1, -0.05) is 28.5 Å². The Bertz CT molecular complexity index is 1080. The molecule has 0 fully saturated rings. The highest BCUT2D eigenvalue weighted by atomic mass is 35.5. The van der Waals surface area contributed by atoms with Crippen molar-refractivity contribution in [3.8, 4) is 11.3 Å². The maximum Gasteiger partial charge on any atom is 0.257 e. The zero-order chi connectivity index (χ0) is 19.7. The largest absolute Gasteiger partial charge is 0.356 e. The van der Waals surface area contributed by atoms with E-state index in [0.29, 0.717) is 32.9 Å². The standard InChI is InChI=1S/C19H17ClN4O3S/c1-11-8-22-19-24(18(11)26)15(10-28-19)7-17(25)21-9-14-6-16(27-23-14)12-2-4-13(20)5-3-12/h2-6,8,15H,7,9-10H2,1H3,(H,21,25). The smallest absolute Gasteiger partial charge is 0.257 e. The average Bonchev–Trinajstić information content (AvgIpc) is 3.31. The van der Waals surface area contributed by atoms with Crippen molar-refractivity contribution in [2.75, 3.05) is 5.75 Å². The first-order chi connectivity index (χ1) is 13.5. The van der Waals surface area contributed by atoms with E-state index in [2.05, 4.69) is 15.5 Å². The number of benzene rings is 1. The minimum absolute atomic E-state index is 0.0862. The van der Waals surface area contributed by atoms with Crippen molar-refractivity contribution in [1.29, 1.82) is 0 Å². The van der Waals surface area contributed by atoms with Crippen LogP contribution >= 0.6 is 23.4 Å². The molecule has 1 aromatic carbocycles. The zero-order valence-corrected chi connectivity index (χ0v) is 16.6. The van der Waals surface area contributed by atoms with E-state index >= 15 is 0 Å². The minimum atomic E-state index is -0.193. The molecular weight excluding hydrogens is 400 g/mol. The van der Waals surface area contributed by atoms with Gasteiger partial charge in [-0.2, -0.15) is 0 Å². The van der Waals surface area contributed by atoms with Gasteiger partial charge in [0.1, 0.15) is 5.69 Å². The molecule has 4 rings (SSSR count). The van der Waals surface area contributed by atoms with Crippen molar-refractivity contribution in [1.82, 2.24) is 20.0 Å². The number of aromatic nitrogens is 3. The fraction of sp³-hybridized carbons (Fsp3) is 0.263. The molecule has 1 aliphatic rings. The Labute approximate surface area is 170 Å². The number of amides is 1. The lowest BCUT2D eigenvalue weighted by Gasteiger charge is -2.13. The highest BCUT2D eigenvalue weighted by Crippen LogP contribution is 2.31. The number of carbonyl (C=O) groups excluding carboxylic acids is 1. The number of hydrogen-bond acceptors (Lipinski definition) is 6. The fourth-order valence-corrected chi connectivity index (χ4v) is 4.22. The molecule has 1 aliphatic heterocycles. The molecular formula is C19H17ClN4O3S. The first-order valence-corrected chi connectivity index (χ1v) is 10.1. The fourth-order valence-electron chi connectivity index (χ4n) is 2.99. The van der Waals surface area contributed by atoms with Crippen LogP contribution in [0.1, 0.15) is 23.7 Å². The highest BCUT2D eigenvalue weighted by Gasteiger charge is 2.27. The van der Waals surface area contributed by atoms with Gasteiger partial charge in [0.05, 0.1) is 12.6 Å². The number of rotatable bonds is 5. The van der Waals surface area contributed by atoms with E-state index in [9.17, 15) is 9.59 Å². The number of nitrogens with zero attached hydrogens (tertiary/aromatic N) is 3. The molecule has 28 heavy (non-hydrogen) atoms. The van der Waals surface area contributed by atoms with Gasteiger partial charge in [0, 0.05) is 40.6 Å². The summed E-state index contributed by atoms with van der Waals surface area (Å²) < 4.78 is 6.95. The Morgan fingerprint density at radius 3 is 2.96 bits per heavy atom. The number of halogens is 1. The van der Waals surface area contributed by atoms with Crippen LogP contribution in [-0.4, -0.2) is 26.4 Å². The maximum absolute atomic E-state index is 12.4. The number of fused-ring (bicyclic) bond motifs is 1. The second kappa shape index (κ2) is 7.81. The second-order valence-electron chi connectivity index (χ2n) is 6.53. The molecule has 3 aromatic rings. The summed E-state index contributed by atoms with van der Waals surface area (Å²) in [5.41, 5.74) is 1.97. The number of aryl methyl sites for hydroxylation is 1. The third-order valence-corrected chi connectivity index (χ3v) is 5.84. The van der Waals surface area contributed by atoms with E-state index in [-0.39, 0.29) is 30.5 Å². The molecule has 0 bridgehead atoms. The Kier molecular flexibility index (Phi) is 5.23. The lowest BCUT2D eigenvalue weighted by Crippen LogP contribution is -2.31. The molecule has 0 saturated carbocycles. The third-order valence-electron chi connectivity index (χ3n) is 4.48. The lowest BCUT2D eigenvalue weighted by atomic mass is 10.1.